The molecule has 1 amide bonds. The minimum Gasteiger partial charge on any atom is -0.467 e. The Morgan fingerprint density at radius 3 is 1.71 bits per heavy atom. The first-order valence-electron chi connectivity index (χ1n) is 12.5. The normalized spacial score (nSPS) is 12.2. The van der Waals surface area contributed by atoms with Gasteiger partial charge in [-0.15, -0.1) is 11.8 Å². The van der Waals surface area contributed by atoms with E-state index in [1.165, 1.54) is 13.2 Å². The van der Waals surface area contributed by atoms with Gasteiger partial charge in [-0.05, 0) is 35.3 Å². The summed E-state index contributed by atoms with van der Waals surface area (Å²) in [7, 11) is 1.34. The van der Waals surface area contributed by atoms with Crippen LogP contribution in [0.1, 0.15) is 27.8 Å². The van der Waals surface area contributed by atoms with E-state index in [0.29, 0.717) is 5.75 Å². The first-order valence-corrected chi connectivity index (χ1v) is 13.4. The van der Waals surface area contributed by atoms with Crippen LogP contribution in [0.15, 0.2) is 121 Å². The van der Waals surface area contributed by atoms with E-state index < -0.39 is 16.8 Å². The van der Waals surface area contributed by atoms with Gasteiger partial charge in [-0.1, -0.05) is 121 Å². The molecule has 0 radical (unpaired) electrons. The number of carbonyl (C=O) groups is 2. The number of methoxy groups -OCH3 is 1. The molecule has 0 aliphatic heterocycles. The molecule has 4 rings (SSSR count). The minimum atomic E-state index is -0.837. The average molecular weight is 522 g/mol. The summed E-state index contributed by atoms with van der Waals surface area (Å²) in [5, 5.41) is 2.86. The highest BCUT2D eigenvalue weighted by molar-refractivity contribution is 8.00. The fourth-order valence-corrected chi connectivity index (χ4v) is 5.90. The van der Waals surface area contributed by atoms with E-state index in [1.54, 1.807) is 17.8 Å². The highest BCUT2D eigenvalue weighted by Crippen LogP contribution is 2.48. The molecule has 1 N–H and O–H groups in total. The largest absolute Gasteiger partial charge is 0.467 e. The third-order valence-corrected chi connectivity index (χ3v) is 7.95. The third-order valence-electron chi connectivity index (χ3n) is 6.31. The monoisotopic (exact) mass is 521 g/mol. The SMILES string of the molecule is COC(=O)[C@@H](CSC(c1ccccc1)(c1ccccc1)c1ccccc1)NC(=O)/C=C/c1ccc(C)cc1. The molecule has 0 aliphatic carbocycles. The van der Waals surface area contributed by atoms with Crippen molar-refractivity contribution >= 4 is 29.7 Å². The van der Waals surface area contributed by atoms with Crippen molar-refractivity contribution in [3.8, 4) is 0 Å². The Morgan fingerprint density at radius 2 is 1.26 bits per heavy atom. The molecule has 4 aromatic rings. The van der Waals surface area contributed by atoms with Crippen molar-refractivity contribution in [1.29, 1.82) is 0 Å². The maximum absolute atomic E-state index is 12.8. The molecule has 38 heavy (non-hydrogen) atoms. The van der Waals surface area contributed by atoms with Crippen LogP contribution in [-0.2, 0) is 19.1 Å². The van der Waals surface area contributed by atoms with E-state index in [4.69, 9.17) is 4.74 Å². The molecular weight excluding hydrogens is 490 g/mol. The van der Waals surface area contributed by atoms with Crippen LogP contribution in [0.4, 0.5) is 0 Å². The van der Waals surface area contributed by atoms with Crippen LogP contribution in [0, 0.1) is 6.92 Å². The summed E-state index contributed by atoms with van der Waals surface area (Å²) < 4.78 is 4.47. The van der Waals surface area contributed by atoms with Crippen LogP contribution in [0.25, 0.3) is 6.08 Å². The highest BCUT2D eigenvalue weighted by atomic mass is 32.2. The zero-order chi connectivity index (χ0) is 26.8. The second-order valence-electron chi connectivity index (χ2n) is 8.92. The lowest BCUT2D eigenvalue weighted by atomic mass is 9.84. The summed E-state index contributed by atoms with van der Waals surface area (Å²) in [6, 6.07) is 37.7. The van der Waals surface area contributed by atoms with Crippen LogP contribution in [0.3, 0.4) is 0 Å². The molecule has 4 aromatic carbocycles. The second kappa shape index (κ2) is 12.9. The summed E-state index contributed by atoms with van der Waals surface area (Å²) in [6.45, 7) is 2.01. The zero-order valence-corrected chi connectivity index (χ0v) is 22.4. The van der Waals surface area contributed by atoms with E-state index in [-0.39, 0.29) is 5.91 Å². The maximum atomic E-state index is 12.8. The van der Waals surface area contributed by atoms with E-state index in [0.717, 1.165) is 27.8 Å². The van der Waals surface area contributed by atoms with E-state index in [2.05, 4.69) is 41.7 Å². The Balaban J connectivity index is 1.66. The Bertz CT molecular complexity index is 1260. The second-order valence-corrected chi connectivity index (χ2v) is 10.2. The number of aryl methyl sites for hydroxylation is 1. The van der Waals surface area contributed by atoms with Crippen molar-refractivity contribution < 1.29 is 14.3 Å². The molecule has 0 heterocycles. The van der Waals surface area contributed by atoms with Gasteiger partial charge in [0.15, 0.2) is 0 Å². The number of rotatable bonds is 10. The molecule has 0 aliphatic rings. The number of carbonyl (C=O) groups excluding carboxylic acids is 2. The number of hydrogen-bond acceptors (Lipinski definition) is 4. The van der Waals surface area contributed by atoms with Gasteiger partial charge in [0, 0.05) is 11.8 Å². The molecule has 0 saturated carbocycles. The van der Waals surface area contributed by atoms with Gasteiger partial charge >= 0.3 is 5.97 Å². The molecule has 0 unspecified atom stereocenters. The number of nitrogens with one attached hydrogen (secondary N) is 1. The van der Waals surface area contributed by atoms with E-state index in [9.17, 15) is 9.59 Å². The molecule has 192 valence electrons. The van der Waals surface area contributed by atoms with Crippen LogP contribution >= 0.6 is 11.8 Å². The van der Waals surface area contributed by atoms with Crippen molar-refractivity contribution in [1.82, 2.24) is 5.32 Å². The summed E-state index contributed by atoms with van der Waals surface area (Å²) in [6.07, 6.45) is 3.18. The lowest BCUT2D eigenvalue weighted by Crippen LogP contribution is -2.43. The van der Waals surface area contributed by atoms with Crippen molar-refractivity contribution in [3.63, 3.8) is 0 Å². The van der Waals surface area contributed by atoms with Crippen molar-refractivity contribution in [2.24, 2.45) is 0 Å². The molecule has 0 aromatic heterocycles. The quantitative estimate of drug-likeness (QED) is 0.149. The highest BCUT2D eigenvalue weighted by Gasteiger charge is 2.38. The average Bonchev–Trinajstić information content (AvgIpc) is 2.98. The van der Waals surface area contributed by atoms with Gasteiger partial charge in [0.2, 0.25) is 5.91 Å². The number of hydrogen-bond donors (Lipinski definition) is 1. The lowest BCUT2D eigenvalue weighted by Gasteiger charge is -2.36. The fraction of sp³-hybridized carbons (Fsp3) is 0.152. The van der Waals surface area contributed by atoms with Crippen molar-refractivity contribution in [2.75, 3.05) is 12.9 Å². The number of benzene rings is 4. The van der Waals surface area contributed by atoms with Gasteiger partial charge in [-0.3, -0.25) is 4.79 Å². The molecule has 0 fully saturated rings. The minimum absolute atomic E-state index is 0.301. The van der Waals surface area contributed by atoms with Gasteiger partial charge in [-0.25, -0.2) is 4.79 Å². The summed E-state index contributed by atoms with van der Waals surface area (Å²) >= 11 is 1.60. The Labute approximate surface area is 228 Å². The number of esters is 1. The van der Waals surface area contributed by atoms with Gasteiger partial charge in [0.25, 0.3) is 0 Å². The van der Waals surface area contributed by atoms with Crippen LogP contribution in [0.5, 0.6) is 0 Å². The molecule has 4 nitrogen and oxygen atoms in total. The fourth-order valence-electron chi connectivity index (χ4n) is 4.36. The van der Waals surface area contributed by atoms with Gasteiger partial charge in [0.1, 0.15) is 6.04 Å². The standard InChI is InChI=1S/C33H31NO3S/c1-25-18-20-26(21-19-25)22-23-31(35)34-30(32(36)37-2)24-38-33(27-12-6-3-7-13-27,28-14-8-4-9-15-28)29-16-10-5-11-17-29/h3-23,30H,24H2,1-2H3,(H,34,35)/b23-22+/t30-/m1/s1. The van der Waals surface area contributed by atoms with E-state index >= 15 is 0 Å². The Hall–Kier alpha value is -4.09. The third kappa shape index (κ3) is 6.42. The number of ether oxygens (including phenoxy) is 1. The summed E-state index contributed by atoms with van der Waals surface area (Å²) in [5.41, 5.74) is 5.30. The van der Waals surface area contributed by atoms with Crippen molar-refractivity contribution in [3.05, 3.63) is 149 Å². The molecule has 0 spiro atoms. The van der Waals surface area contributed by atoms with Crippen molar-refractivity contribution in [2.45, 2.75) is 17.7 Å². The van der Waals surface area contributed by atoms with Gasteiger partial charge in [-0.2, -0.15) is 0 Å². The van der Waals surface area contributed by atoms with Crippen LogP contribution < -0.4 is 5.32 Å². The maximum Gasteiger partial charge on any atom is 0.329 e. The van der Waals surface area contributed by atoms with Crippen LogP contribution in [0.2, 0.25) is 0 Å². The predicted molar refractivity (Wildman–Crippen MR) is 156 cm³/mol. The van der Waals surface area contributed by atoms with Gasteiger partial charge < -0.3 is 10.1 Å². The van der Waals surface area contributed by atoms with Gasteiger partial charge in [0.05, 0.1) is 11.9 Å². The van der Waals surface area contributed by atoms with Crippen LogP contribution in [-0.4, -0.2) is 30.8 Å². The number of amides is 1. The first kappa shape index (κ1) is 27.0. The smallest absolute Gasteiger partial charge is 0.329 e. The predicted octanol–water partition coefficient (Wildman–Crippen LogP) is 6.39. The van der Waals surface area contributed by atoms with E-state index in [1.807, 2.05) is 85.8 Å². The molecule has 1 atom stereocenters. The summed E-state index contributed by atoms with van der Waals surface area (Å²) in [4.78, 5) is 25.6. The molecule has 5 heteroatoms. The molecular formula is C33H31NO3S. The topological polar surface area (TPSA) is 55.4 Å². The first-order chi connectivity index (χ1) is 18.5. The lowest BCUT2D eigenvalue weighted by molar-refractivity contribution is -0.143. The summed E-state index contributed by atoms with van der Waals surface area (Å²) in [5.74, 6) is -0.542. The molecule has 0 bridgehead atoms. The Kier molecular flexibility index (Phi) is 9.17. The zero-order valence-electron chi connectivity index (χ0n) is 21.5. The number of thioether (sulfide) groups is 1. The Morgan fingerprint density at radius 1 is 0.789 bits per heavy atom. The molecule has 0 saturated heterocycles.